The molecule has 2 aliphatic rings. The highest BCUT2D eigenvalue weighted by molar-refractivity contribution is 7.18. The molecule has 8 nitrogen and oxygen atoms in total. The Bertz CT molecular complexity index is 2060. The lowest BCUT2D eigenvalue weighted by molar-refractivity contribution is -0.127. The number of amides is 1. The second kappa shape index (κ2) is 11.6. The first-order valence-corrected chi connectivity index (χ1v) is 15.6. The highest BCUT2D eigenvalue weighted by atomic mass is 32.1. The SMILES string of the molecule is C=CC(=O)N1CCN=C2/C=C(\N)c3nc(-c4ccc5c(cnn5C)c4)c4ccsc4c3-c3c(F)cc(F)cc3OCCCC[C@@H]21. The molecule has 0 saturated carbocycles. The smallest absolute Gasteiger partial charge is 0.246 e. The molecule has 228 valence electrons. The number of hydrogen-bond donors (Lipinski definition) is 1. The van der Waals surface area contributed by atoms with Gasteiger partial charge in [0.05, 0.1) is 59.3 Å². The summed E-state index contributed by atoms with van der Waals surface area (Å²) in [5.41, 5.74) is 11.1. The molecule has 0 aliphatic carbocycles. The number of ether oxygens (including phenoxy) is 1. The molecule has 0 radical (unpaired) electrons. The summed E-state index contributed by atoms with van der Waals surface area (Å²) in [6.45, 7) is 4.79. The monoisotopic (exact) mass is 624 g/mol. The minimum atomic E-state index is -0.773. The van der Waals surface area contributed by atoms with E-state index in [0.29, 0.717) is 55.0 Å². The van der Waals surface area contributed by atoms with E-state index in [1.165, 1.54) is 23.5 Å². The first-order chi connectivity index (χ1) is 21.8. The van der Waals surface area contributed by atoms with Crippen LogP contribution in [0.25, 0.3) is 49.1 Å². The number of fused-ring (bicyclic) bond motifs is 7. The van der Waals surface area contributed by atoms with Crippen molar-refractivity contribution < 1.29 is 18.3 Å². The summed E-state index contributed by atoms with van der Waals surface area (Å²) in [4.78, 5) is 24.5. The highest BCUT2D eigenvalue weighted by Gasteiger charge is 2.30. The van der Waals surface area contributed by atoms with Crippen LogP contribution in [-0.4, -0.2) is 57.0 Å². The number of aromatic nitrogens is 3. The van der Waals surface area contributed by atoms with Crippen molar-refractivity contribution in [3.05, 3.63) is 84.0 Å². The minimum absolute atomic E-state index is 0.0834. The molecule has 3 aromatic heterocycles. The maximum absolute atomic E-state index is 15.9. The van der Waals surface area contributed by atoms with Crippen molar-refractivity contribution in [3.63, 3.8) is 0 Å². The zero-order valence-corrected chi connectivity index (χ0v) is 25.4. The second-order valence-corrected chi connectivity index (χ2v) is 12.1. The van der Waals surface area contributed by atoms with Crippen molar-refractivity contribution in [2.24, 2.45) is 17.8 Å². The molecule has 0 saturated heterocycles. The van der Waals surface area contributed by atoms with E-state index in [0.717, 1.165) is 32.6 Å². The van der Waals surface area contributed by atoms with Crippen LogP contribution in [0.1, 0.15) is 25.0 Å². The molecular formula is C34H30F2N6O2S. The summed E-state index contributed by atoms with van der Waals surface area (Å²) in [5, 5.41) is 8.03. The van der Waals surface area contributed by atoms with Crippen LogP contribution < -0.4 is 10.5 Å². The number of pyridine rings is 1. The van der Waals surface area contributed by atoms with Gasteiger partial charge in [0, 0.05) is 52.3 Å². The van der Waals surface area contributed by atoms with Crippen LogP contribution in [-0.2, 0) is 11.8 Å². The van der Waals surface area contributed by atoms with Crippen LogP contribution in [0.3, 0.4) is 0 Å². The van der Waals surface area contributed by atoms with Crippen LogP contribution in [0.15, 0.2) is 71.7 Å². The number of aryl methyl sites for hydroxylation is 1. The summed E-state index contributed by atoms with van der Waals surface area (Å²) in [6, 6.07) is 9.65. The van der Waals surface area contributed by atoms with Gasteiger partial charge in [-0.15, -0.1) is 11.3 Å². The molecular weight excluding hydrogens is 594 g/mol. The molecule has 45 heavy (non-hydrogen) atoms. The number of aliphatic imine (C=N–C) groups is 1. The Morgan fingerprint density at radius 3 is 2.87 bits per heavy atom. The molecule has 2 N–H and O–H groups in total. The van der Waals surface area contributed by atoms with Gasteiger partial charge in [-0.05, 0) is 55.0 Å². The van der Waals surface area contributed by atoms with E-state index in [9.17, 15) is 9.18 Å². The second-order valence-electron chi connectivity index (χ2n) is 11.2. The van der Waals surface area contributed by atoms with E-state index in [1.807, 2.05) is 36.7 Å². The predicted molar refractivity (Wildman–Crippen MR) is 174 cm³/mol. The summed E-state index contributed by atoms with van der Waals surface area (Å²) in [6.07, 6.45) is 6.75. The maximum Gasteiger partial charge on any atom is 0.246 e. The molecule has 1 atom stereocenters. The van der Waals surface area contributed by atoms with E-state index in [-0.39, 0.29) is 35.6 Å². The Balaban J connectivity index is 1.51. The summed E-state index contributed by atoms with van der Waals surface area (Å²) in [7, 11) is 1.88. The third kappa shape index (κ3) is 5.06. The van der Waals surface area contributed by atoms with E-state index in [1.54, 1.807) is 21.9 Å². The largest absolute Gasteiger partial charge is 0.493 e. The van der Waals surface area contributed by atoms with Crippen LogP contribution >= 0.6 is 11.3 Å². The van der Waals surface area contributed by atoms with Crippen LogP contribution in [0.2, 0.25) is 0 Å². The van der Waals surface area contributed by atoms with Crippen LogP contribution in [0.4, 0.5) is 8.78 Å². The van der Waals surface area contributed by atoms with Gasteiger partial charge in [-0.1, -0.05) is 12.6 Å². The van der Waals surface area contributed by atoms with Crippen molar-refractivity contribution in [1.29, 1.82) is 0 Å². The van der Waals surface area contributed by atoms with Crippen molar-refractivity contribution in [3.8, 4) is 28.1 Å². The normalized spacial score (nSPS) is 18.3. The van der Waals surface area contributed by atoms with Crippen molar-refractivity contribution >= 4 is 49.6 Å². The lowest BCUT2D eigenvalue weighted by Crippen LogP contribution is -2.48. The van der Waals surface area contributed by atoms with Gasteiger partial charge in [0.1, 0.15) is 17.4 Å². The number of carbonyl (C=O) groups is 1. The molecule has 5 aromatic rings. The fourth-order valence-corrected chi connectivity index (χ4v) is 7.24. The molecule has 0 bridgehead atoms. The molecule has 11 heteroatoms. The number of thiophene rings is 1. The molecule has 2 aromatic carbocycles. The zero-order valence-electron chi connectivity index (χ0n) is 24.6. The van der Waals surface area contributed by atoms with Gasteiger partial charge in [-0.2, -0.15) is 5.10 Å². The molecule has 0 fully saturated rings. The first kappa shape index (κ1) is 28.8. The van der Waals surface area contributed by atoms with Crippen molar-refractivity contribution in [1.82, 2.24) is 19.7 Å². The quantitative estimate of drug-likeness (QED) is 0.226. The van der Waals surface area contributed by atoms with Gasteiger partial charge in [-0.25, -0.2) is 13.8 Å². The standard InChI is InChI=1S/C34H30F2N6O2S/c1-3-29(43)42-11-10-38-25-17-24(37)33-31(30-23(36)15-21(35)16-28(30)44-12-5-4-6-27(25)42)34-22(9-13-45-34)32(40-33)19-7-8-26-20(14-19)18-39-41(26)2/h3,7-9,13-18,27H,1,4-6,10-12,37H2,2H3/b24-17-/t27-/m0/s1. The maximum atomic E-state index is 15.9. The number of benzene rings is 2. The number of hydrogen-bond acceptors (Lipinski definition) is 7. The average Bonchev–Trinajstić information content (AvgIpc) is 3.67. The van der Waals surface area contributed by atoms with Gasteiger partial charge < -0.3 is 15.4 Å². The molecule has 0 unspecified atom stereocenters. The Labute approximate surface area is 262 Å². The van der Waals surface area contributed by atoms with E-state index >= 15 is 4.39 Å². The van der Waals surface area contributed by atoms with E-state index in [2.05, 4.69) is 11.7 Å². The fraction of sp³-hybridized carbons (Fsp3) is 0.235. The number of carbonyl (C=O) groups excluding carboxylic acids is 1. The summed E-state index contributed by atoms with van der Waals surface area (Å²) < 4.78 is 39.2. The Hall–Kier alpha value is -4.90. The first-order valence-electron chi connectivity index (χ1n) is 14.7. The lowest BCUT2D eigenvalue weighted by atomic mass is 9.95. The lowest BCUT2D eigenvalue weighted by Gasteiger charge is -2.34. The highest BCUT2D eigenvalue weighted by Crippen LogP contribution is 2.45. The van der Waals surface area contributed by atoms with E-state index in [4.69, 9.17) is 20.4 Å². The van der Waals surface area contributed by atoms with E-state index < -0.39 is 11.6 Å². The summed E-state index contributed by atoms with van der Waals surface area (Å²) in [5.74, 6) is -1.61. The van der Waals surface area contributed by atoms with Crippen LogP contribution in [0.5, 0.6) is 5.75 Å². The molecule has 0 spiro atoms. The van der Waals surface area contributed by atoms with Gasteiger partial charge in [0.2, 0.25) is 5.91 Å². The van der Waals surface area contributed by atoms with Gasteiger partial charge in [0.15, 0.2) is 0 Å². The van der Waals surface area contributed by atoms with Crippen molar-refractivity contribution in [2.75, 3.05) is 19.7 Å². The average molecular weight is 625 g/mol. The number of rotatable bonds is 2. The third-order valence-corrected chi connectivity index (χ3v) is 9.35. The molecule has 2 aliphatic heterocycles. The number of nitrogens with zero attached hydrogens (tertiary/aromatic N) is 5. The molecule has 1 amide bonds. The zero-order chi connectivity index (χ0) is 31.2. The summed E-state index contributed by atoms with van der Waals surface area (Å²) >= 11 is 1.42. The van der Waals surface area contributed by atoms with Crippen LogP contribution in [0, 0.1) is 11.6 Å². The Morgan fingerprint density at radius 1 is 1.16 bits per heavy atom. The predicted octanol–water partition coefficient (Wildman–Crippen LogP) is 6.50. The Morgan fingerprint density at radius 2 is 2.02 bits per heavy atom. The number of halogens is 2. The molecule has 7 rings (SSSR count). The fourth-order valence-electron chi connectivity index (χ4n) is 6.29. The Kier molecular flexibility index (Phi) is 7.40. The van der Waals surface area contributed by atoms with Crippen molar-refractivity contribution in [2.45, 2.75) is 25.3 Å². The van der Waals surface area contributed by atoms with Gasteiger partial charge in [0.25, 0.3) is 0 Å². The minimum Gasteiger partial charge on any atom is -0.493 e. The third-order valence-electron chi connectivity index (χ3n) is 8.41. The van der Waals surface area contributed by atoms with Gasteiger partial charge >= 0.3 is 0 Å². The molecule has 5 heterocycles. The number of nitrogens with two attached hydrogens (primary N) is 1. The topological polar surface area (TPSA) is 98.6 Å². The van der Waals surface area contributed by atoms with Gasteiger partial charge in [-0.3, -0.25) is 14.5 Å².